The minimum Gasteiger partial charge on any atom is -0.497 e. The number of hydrogen-bond donors (Lipinski definition) is 0. The first kappa shape index (κ1) is 20.5. The van der Waals surface area contributed by atoms with Gasteiger partial charge in [-0.05, 0) is 30.3 Å². The van der Waals surface area contributed by atoms with Gasteiger partial charge in [-0.3, -0.25) is 9.59 Å². The summed E-state index contributed by atoms with van der Waals surface area (Å²) < 4.78 is 31.0. The molecule has 0 N–H and O–H groups in total. The third-order valence-electron chi connectivity index (χ3n) is 4.21. The van der Waals surface area contributed by atoms with Gasteiger partial charge in [0.25, 0.3) is 5.91 Å². The van der Waals surface area contributed by atoms with Crippen molar-refractivity contribution in [2.45, 2.75) is 13.0 Å². The van der Waals surface area contributed by atoms with Gasteiger partial charge >= 0.3 is 5.97 Å². The lowest BCUT2D eigenvalue weighted by molar-refractivity contribution is -0.140. The van der Waals surface area contributed by atoms with Crippen molar-refractivity contribution in [2.75, 3.05) is 21.3 Å². The van der Waals surface area contributed by atoms with E-state index >= 15 is 0 Å². The van der Waals surface area contributed by atoms with Crippen molar-refractivity contribution >= 4 is 33.4 Å². The summed E-state index contributed by atoms with van der Waals surface area (Å²) in [6, 6.07) is 9.04. The highest BCUT2D eigenvalue weighted by Crippen LogP contribution is 2.23. The van der Waals surface area contributed by atoms with E-state index in [0.717, 1.165) is 11.3 Å². The van der Waals surface area contributed by atoms with E-state index in [1.165, 1.54) is 33.5 Å². The average molecular weight is 418 g/mol. The van der Waals surface area contributed by atoms with Crippen LogP contribution in [0.25, 0.3) is 10.2 Å². The second-order valence-corrected chi connectivity index (χ2v) is 7.00. The smallest absolute Gasteiger partial charge is 0.307 e. The molecule has 29 heavy (non-hydrogen) atoms. The number of aromatic nitrogens is 1. The average Bonchev–Trinajstić information content (AvgIpc) is 3.07. The summed E-state index contributed by atoms with van der Waals surface area (Å²) in [5.74, 6) is -0.385. The Morgan fingerprint density at radius 1 is 1.07 bits per heavy atom. The van der Waals surface area contributed by atoms with Gasteiger partial charge in [-0.15, -0.1) is 0 Å². The van der Waals surface area contributed by atoms with Gasteiger partial charge in [0.1, 0.15) is 17.3 Å². The van der Waals surface area contributed by atoms with E-state index < -0.39 is 17.7 Å². The normalized spacial score (nSPS) is 11.5. The van der Waals surface area contributed by atoms with Crippen LogP contribution in [0.4, 0.5) is 4.39 Å². The quantitative estimate of drug-likeness (QED) is 0.575. The summed E-state index contributed by atoms with van der Waals surface area (Å²) in [5.41, 5.74) is 0.958. The van der Waals surface area contributed by atoms with Crippen molar-refractivity contribution in [3.8, 4) is 11.5 Å². The second kappa shape index (κ2) is 8.87. The number of amides is 1. The molecular weight excluding hydrogens is 399 g/mol. The number of thiazole rings is 1. The molecule has 1 amide bonds. The van der Waals surface area contributed by atoms with E-state index in [9.17, 15) is 14.0 Å². The van der Waals surface area contributed by atoms with E-state index in [1.807, 2.05) is 0 Å². The van der Waals surface area contributed by atoms with Crippen molar-refractivity contribution in [3.05, 3.63) is 52.6 Å². The van der Waals surface area contributed by atoms with E-state index in [4.69, 9.17) is 9.47 Å². The highest BCUT2D eigenvalue weighted by Gasteiger charge is 2.13. The Balaban J connectivity index is 2.08. The van der Waals surface area contributed by atoms with Crippen LogP contribution in [0.15, 0.2) is 41.4 Å². The number of carbonyl (C=O) groups is 2. The maximum absolute atomic E-state index is 13.6. The zero-order valence-electron chi connectivity index (χ0n) is 16.1. The standard InChI is InChI=1S/C20H19FN2O5S/c1-26-14-8-12(9-15(11-14)27-2)19(25)22-20-23(7-6-18(24)28-3)16-5-4-13(21)10-17(16)29-20/h4-5,8-11H,6-7H2,1-3H3. The zero-order valence-corrected chi connectivity index (χ0v) is 16.9. The Morgan fingerprint density at radius 2 is 1.76 bits per heavy atom. The number of hydrogen-bond acceptors (Lipinski definition) is 6. The van der Waals surface area contributed by atoms with Gasteiger partial charge in [0.15, 0.2) is 4.80 Å². The number of aryl methyl sites for hydroxylation is 1. The summed E-state index contributed by atoms with van der Waals surface area (Å²) in [7, 11) is 4.28. The summed E-state index contributed by atoms with van der Waals surface area (Å²) in [6.07, 6.45) is 0.0913. The Hall–Kier alpha value is -3.20. The van der Waals surface area contributed by atoms with E-state index in [2.05, 4.69) is 9.73 Å². The fourth-order valence-corrected chi connectivity index (χ4v) is 3.82. The number of carbonyl (C=O) groups excluding carboxylic acids is 2. The molecule has 7 nitrogen and oxygen atoms in total. The fraction of sp³-hybridized carbons (Fsp3) is 0.250. The Morgan fingerprint density at radius 3 is 2.38 bits per heavy atom. The molecule has 1 aromatic heterocycles. The number of ether oxygens (including phenoxy) is 3. The largest absolute Gasteiger partial charge is 0.497 e. The van der Waals surface area contributed by atoms with E-state index in [0.29, 0.717) is 26.5 Å². The second-order valence-electron chi connectivity index (χ2n) is 5.99. The number of halogens is 1. The first-order chi connectivity index (χ1) is 13.9. The van der Waals surface area contributed by atoms with Gasteiger partial charge in [-0.25, -0.2) is 4.39 Å². The van der Waals surface area contributed by atoms with Crippen LogP contribution >= 0.6 is 11.3 Å². The summed E-state index contributed by atoms with van der Waals surface area (Å²) >= 11 is 1.16. The third kappa shape index (κ3) is 4.62. The van der Waals surface area contributed by atoms with Crippen LogP contribution in [0, 0.1) is 5.82 Å². The van der Waals surface area contributed by atoms with Gasteiger partial charge in [-0.1, -0.05) is 11.3 Å². The van der Waals surface area contributed by atoms with Crippen LogP contribution in [0.3, 0.4) is 0 Å². The molecule has 0 bridgehead atoms. The highest BCUT2D eigenvalue weighted by atomic mass is 32.1. The lowest BCUT2D eigenvalue weighted by Gasteiger charge is -2.06. The molecule has 2 aromatic carbocycles. The van der Waals surface area contributed by atoms with E-state index in [-0.39, 0.29) is 18.5 Å². The van der Waals surface area contributed by atoms with Gasteiger partial charge in [0, 0.05) is 18.2 Å². The molecule has 0 radical (unpaired) electrons. The maximum atomic E-state index is 13.6. The zero-order chi connectivity index (χ0) is 21.0. The van der Waals surface area contributed by atoms with Crippen molar-refractivity contribution in [1.82, 2.24) is 4.57 Å². The predicted octanol–water partition coefficient (Wildman–Crippen LogP) is 3.16. The molecule has 0 spiro atoms. The summed E-state index contributed by atoms with van der Waals surface area (Å²) in [6.45, 7) is 0.242. The van der Waals surface area contributed by atoms with Crippen LogP contribution in [-0.4, -0.2) is 37.8 Å². The molecule has 3 aromatic rings. The van der Waals surface area contributed by atoms with Crippen molar-refractivity contribution in [1.29, 1.82) is 0 Å². The molecule has 0 fully saturated rings. The monoisotopic (exact) mass is 418 g/mol. The van der Waals surface area contributed by atoms with Crippen LogP contribution < -0.4 is 14.3 Å². The number of rotatable bonds is 6. The number of nitrogens with zero attached hydrogens (tertiary/aromatic N) is 2. The number of fused-ring (bicyclic) bond motifs is 1. The summed E-state index contributed by atoms with van der Waals surface area (Å²) in [4.78, 5) is 28.9. The van der Waals surface area contributed by atoms with Crippen molar-refractivity contribution < 1.29 is 28.2 Å². The molecule has 0 aliphatic rings. The molecule has 9 heteroatoms. The first-order valence-electron chi connectivity index (χ1n) is 8.63. The number of esters is 1. The molecule has 0 saturated heterocycles. The molecule has 152 valence electrons. The van der Waals surface area contributed by atoms with Gasteiger partial charge < -0.3 is 18.8 Å². The highest BCUT2D eigenvalue weighted by molar-refractivity contribution is 7.16. The first-order valence-corrected chi connectivity index (χ1v) is 9.44. The molecule has 0 aliphatic carbocycles. The van der Waals surface area contributed by atoms with Crippen molar-refractivity contribution in [2.24, 2.45) is 4.99 Å². The van der Waals surface area contributed by atoms with Crippen LogP contribution in [-0.2, 0) is 16.1 Å². The Bertz CT molecular complexity index is 1110. The van der Waals surface area contributed by atoms with E-state index in [1.54, 1.807) is 28.8 Å². The topological polar surface area (TPSA) is 79.1 Å². The van der Waals surface area contributed by atoms with Gasteiger partial charge in [0.05, 0.1) is 38.0 Å². The van der Waals surface area contributed by atoms with Crippen LogP contribution in [0.2, 0.25) is 0 Å². The predicted molar refractivity (Wildman–Crippen MR) is 106 cm³/mol. The number of methoxy groups -OCH3 is 3. The van der Waals surface area contributed by atoms with Gasteiger partial charge in [-0.2, -0.15) is 4.99 Å². The lowest BCUT2D eigenvalue weighted by Crippen LogP contribution is -2.19. The Labute approximate surface area is 170 Å². The fourth-order valence-electron chi connectivity index (χ4n) is 2.74. The lowest BCUT2D eigenvalue weighted by atomic mass is 10.2. The molecule has 1 heterocycles. The molecule has 0 atom stereocenters. The molecular formula is C20H19FN2O5S. The molecule has 0 aliphatic heterocycles. The molecule has 0 unspecified atom stereocenters. The number of benzene rings is 2. The SMILES string of the molecule is COC(=O)CCn1c(=NC(=O)c2cc(OC)cc(OC)c2)sc2cc(F)ccc21. The van der Waals surface area contributed by atoms with Gasteiger partial charge in [0.2, 0.25) is 0 Å². The van der Waals surface area contributed by atoms with Crippen LogP contribution in [0.1, 0.15) is 16.8 Å². The molecule has 3 rings (SSSR count). The summed E-state index contributed by atoms with van der Waals surface area (Å²) in [5, 5.41) is 0. The van der Waals surface area contributed by atoms with Crippen LogP contribution in [0.5, 0.6) is 11.5 Å². The molecule has 0 saturated carbocycles. The maximum Gasteiger partial charge on any atom is 0.307 e. The Kier molecular flexibility index (Phi) is 6.28. The van der Waals surface area contributed by atoms with Crippen molar-refractivity contribution in [3.63, 3.8) is 0 Å². The minimum absolute atomic E-state index is 0.0913. The third-order valence-corrected chi connectivity index (χ3v) is 5.25. The minimum atomic E-state index is -0.513.